The van der Waals surface area contributed by atoms with Crippen molar-refractivity contribution in [3.8, 4) is 17.6 Å². The van der Waals surface area contributed by atoms with E-state index in [1.165, 1.54) is 0 Å². The van der Waals surface area contributed by atoms with Gasteiger partial charge in [-0.15, -0.1) is 0 Å². The van der Waals surface area contributed by atoms with Crippen LogP contribution in [0.25, 0.3) is 0 Å². The van der Waals surface area contributed by atoms with Crippen LogP contribution in [-0.2, 0) is 4.79 Å². The van der Waals surface area contributed by atoms with Gasteiger partial charge in [0, 0.05) is 5.92 Å². The lowest BCUT2D eigenvalue weighted by Crippen LogP contribution is -2.17. The molecule has 4 nitrogen and oxygen atoms in total. The average Bonchev–Trinajstić information content (AvgIpc) is 3.16. The Balaban J connectivity index is 1.87. The summed E-state index contributed by atoms with van der Waals surface area (Å²) in [5.41, 5.74) is 0.704. The Morgan fingerprint density at radius 3 is 2.68 bits per heavy atom. The number of ketones is 1. The summed E-state index contributed by atoms with van der Waals surface area (Å²) in [7, 11) is 0. The Morgan fingerprint density at radius 1 is 1.37 bits per heavy atom. The van der Waals surface area contributed by atoms with Crippen molar-refractivity contribution in [3.63, 3.8) is 0 Å². The van der Waals surface area contributed by atoms with Gasteiger partial charge in [-0.3, -0.25) is 4.79 Å². The molecule has 0 bridgehead atoms. The van der Waals surface area contributed by atoms with E-state index in [-0.39, 0.29) is 11.7 Å². The summed E-state index contributed by atoms with van der Waals surface area (Å²) in [6, 6.07) is 7.44. The number of benzene rings is 1. The molecular formula is C15H15NO3. The molecule has 0 radical (unpaired) electrons. The number of Topliss-reactive ketones (excluding diaryl/α,β-unsaturated/α-hetero) is 1. The maximum Gasteiger partial charge on any atom is 0.161 e. The summed E-state index contributed by atoms with van der Waals surface area (Å²) in [4.78, 5) is 12.2. The van der Waals surface area contributed by atoms with Crippen LogP contribution in [0, 0.1) is 23.2 Å². The molecular weight excluding hydrogens is 242 g/mol. The van der Waals surface area contributed by atoms with Crippen molar-refractivity contribution < 1.29 is 14.3 Å². The highest BCUT2D eigenvalue weighted by Gasteiger charge is 2.42. The van der Waals surface area contributed by atoms with Crippen LogP contribution in [0.4, 0.5) is 0 Å². The first-order valence-corrected chi connectivity index (χ1v) is 6.53. The van der Waals surface area contributed by atoms with E-state index in [9.17, 15) is 10.1 Å². The third-order valence-corrected chi connectivity index (χ3v) is 3.79. The quantitative estimate of drug-likeness (QED) is 0.833. The summed E-state index contributed by atoms with van der Waals surface area (Å²) < 4.78 is 10.9. The Hall–Kier alpha value is -2.02. The van der Waals surface area contributed by atoms with E-state index in [1.807, 2.05) is 6.92 Å². The van der Waals surface area contributed by atoms with Gasteiger partial charge in [0.1, 0.15) is 19.1 Å². The van der Waals surface area contributed by atoms with Crippen LogP contribution in [0.3, 0.4) is 0 Å². The standard InChI is InChI=1S/C15H15NO3/c1-9-6-11(9)15(17)12(8-16)10-2-3-13-14(7-10)19-5-4-18-13/h2-3,7,9,11-12H,4-6H2,1H3. The van der Waals surface area contributed by atoms with Crippen molar-refractivity contribution in [2.24, 2.45) is 11.8 Å². The molecule has 0 amide bonds. The minimum Gasteiger partial charge on any atom is -0.486 e. The predicted octanol–water partition coefficient (Wildman–Crippen LogP) is 2.29. The average molecular weight is 257 g/mol. The fourth-order valence-electron chi connectivity index (χ4n) is 2.47. The lowest BCUT2D eigenvalue weighted by atomic mass is 9.92. The fourth-order valence-corrected chi connectivity index (χ4v) is 2.47. The second-order valence-electron chi connectivity index (χ2n) is 5.19. The number of ether oxygens (including phenoxy) is 2. The van der Waals surface area contributed by atoms with Gasteiger partial charge in [-0.25, -0.2) is 0 Å². The molecule has 1 fully saturated rings. The van der Waals surface area contributed by atoms with Gasteiger partial charge in [0.25, 0.3) is 0 Å². The third kappa shape index (κ3) is 2.17. The van der Waals surface area contributed by atoms with Crippen LogP contribution in [0.1, 0.15) is 24.8 Å². The number of fused-ring (bicyclic) bond motifs is 1. The van der Waals surface area contributed by atoms with Crippen molar-refractivity contribution in [1.82, 2.24) is 0 Å². The molecule has 2 aliphatic rings. The fraction of sp³-hybridized carbons (Fsp3) is 0.467. The van der Waals surface area contributed by atoms with Gasteiger partial charge in [0.05, 0.1) is 6.07 Å². The van der Waals surface area contributed by atoms with Crippen molar-refractivity contribution in [2.45, 2.75) is 19.3 Å². The van der Waals surface area contributed by atoms with Crippen LogP contribution < -0.4 is 9.47 Å². The van der Waals surface area contributed by atoms with Gasteiger partial charge in [0.2, 0.25) is 0 Å². The van der Waals surface area contributed by atoms with Crippen LogP contribution in [-0.4, -0.2) is 19.0 Å². The maximum absolute atomic E-state index is 12.2. The van der Waals surface area contributed by atoms with Gasteiger partial charge in [-0.2, -0.15) is 5.26 Å². The zero-order chi connectivity index (χ0) is 13.4. The maximum atomic E-state index is 12.2. The smallest absolute Gasteiger partial charge is 0.161 e. The third-order valence-electron chi connectivity index (χ3n) is 3.79. The van der Waals surface area contributed by atoms with E-state index in [0.29, 0.717) is 36.2 Å². The number of hydrogen-bond acceptors (Lipinski definition) is 4. The molecule has 0 aromatic heterocycles. The monoisotopic (exact) mass is 257 g/mol. The van der Waals surface area contributed by atoms with Crippen molar-refractivity contribution in [3.05, 3.63) is 23.8 Å². The van der Waals surface area contributed by atoms with E-state index in [4.69, 9.17) is 9.47 Å². The summed E-state index contributed by atoms with van der Waals surface area (Å²) in [6.45, 7) is 3.08. The Morgan fingerprint density at radius 2 is 2.05 bits per heavy atom. The molecule has 1 aromatic rings. The molecule has 0 spiro atoms. The normalized spacial score (nSPS) is 25.3. The van der Waals surface area contributed by atoms with E-state index in [0.717, 1.165) is 6.42 Å². The first-order chi connectivity index (χ1) is 9.20. The lowest BCUT2D eigenvalue weighted by molar-refractivity contribution is -0.120. The SMILES string of the molecule is CC1CC1C(=O)C(C#N)c1ccc2c(c1)OCCO2. The molecule has 1 aromatic carbocycles. The summed E-state index contributed by atoms with van der Waals surface area (Å²) in [6.07, 6.45) is 0.904. The molecule has 3 rings (SSSR count). The molecule has 1 heterocycles. The zero-order valence-corrected chi connectivity index (χ0v) is 10.8. The summed E-state index contributed by atoms with van der Waals surface area (Å²) in [5, 5.41) is 9.27. The van der Waals surface area contributed by atoms with Gasteiger partial charge >= 0.3 is 0 Å². The van der Waals surface area contributed by atoms with Gasteiger partial charge in [0.15, 0.2) is 17.3 Å². The number of hydrogen-bond donors (Lipinski definition) is 0. The van der Waals surface area contributed by atoms with E-state index < -0.39 is 5.92 Å². The highest BCUT2D eigenvalue weighted by Crippen LogP contribution is 2.42. The van der Waals surface area contributed by atoms with Gasteiger partial charge in [-0.1, -0.05) is 13.0 Å². The minimum atomic E-state index is -0.689. The predicted molar refractivity (Wildman–Crippen MR) is 68.1 cm³/mol. The molecule has 3 atom stereocenters. The van der Waals surface area contributed by atoms with E-state index in [1.54, 1.807) is 18.2 Å². The van der Waals surface area contributed by atoms with Crippen molar-refractivity contribution in [1.29, 1.82) is 5.26 Å². The molecule has 3 unspecified atom stereocenters. The molecule has 4 heteroatoms. The number of nitrogens with zero attached hydrogens (tertiary/aromatic N) is 1. The van der Waals surface area contributed by atoms with Crippen molar-refractivity contribution in [2.75, 3.05) is 13.2 Å². The number of carbonyl (C=O) groups excluding carboxylic acids is 1. The summed E-state index contributed by atoms with van der Waals surface area (Å²) in [5.74, 6) is 1.12. The van der Waals surface area contributed by atoms with Crippen LogP contribution in [0.2, 0.25) is 0 Å². The number of nitriles is 1. The first kappa shape index (κ1) is 12.0. The second-order valence-corrected chi connectivity index (χ2v) is 5.19. The van der Waals surface area contributed by atoms with Crippen molar-refractivity contribution >= 4 is 5.78 Å². The second kappa shape index (κ2) is 4.58. The molecule has 0 saturated heterocycles. The minimum absolute atomic E-state index is 0.0340. The Kier molecular flexibility index (Phi) is 2.90. The number of carbonyl (C=O) groups is 1. The van der Waals surface area contributed by atoms with Crippen LogP contribution in [0.5, 0.6) is 11.5 Å². The molecule has 19 heavy (non-hydrogen) atoms. The van der Waals surface area contributed by atoms with Crippen LogP contribution >= 0.6 is 0 Å². The molecule has 1 aliphatic heterocycles. The number of rotatable bonds is 3. The molecule has 98 valence electrons. The largest absolute Gasteiger partial charge is 0.486 e. The topological polar surface area (TPSA) is 59.3 Å². The molecule has 0 N–H and O–H groups in total. The first-order valence-electron chi connectivity index (χ1n) is 6.53. The van der Waals surface area contributed by atoms with Gasteiger partial charge < -0.3 is 9.47 Å². The Bertz CT molecular complexity index is 561. The van der Waals surface area contributed by atoms with Crippen LogP contribution in [0.15, 0.2) is 18.2 Å². The van der Waals surface area contributed by atoms with Gasteiger partial charge in [-0.05, 0) is 30.0 Å². The highest BCUT2D eigenvalue weighted by atomic mass is 16.6. The molecule has 1 saturated carbocycles. The van der Waals surface area contributed by atoms with E-state index >= 15 is 0 Å². The Labute approximate surface area is 111 Å². The van der Waals surface area contributed by atoms with E-state index in [2.05, 4.69) is 6.07 Å². The summed E-state index contributed by atoms with van der Waals surface area (Å²) >= 11 is 0. The molecule has 1 aliphatic carbocycles. The zero-order valence-electron chi connectivity index (χ0n) is 10.8. The lowest BCUT2D eigenvalue weighted by Gasteiger charge is -2.19. The highest BCUT2D eigenvalue weighted by molar-refractivity contribution is 5.92.